The zero-order chi connectivity index (χ0) is 9.68. The highest BCUT2D eigenvalue weighted by Crippen LogP contribution is 2.05. The van der Waals surface area contributed by atoms with Gasteiger partial charge in [0.2, 0.25) is 0 Å². The fourth-order valence-corrected chi connectivity index (χ4v) is 1.00. The fourth-order valence-electron chi connectivity index (χ4n) is 1.00. The molecule has 1 heterocycles. The molecule has 1 rings (SSSR count). The van der Waals surface area contributed by atoms with E-state index in [4.69, 9.17) is 5.73 Å². The molecule has 0 fully saturated rings. The Morgan fingerprint density at radius 3 is 2.85 bits per heavy atom. The van der Waals surface area contributed by atoms with E-state index in [9.17, 15) is 0 Å². The maximum absolute atomic E-state index is 5.66. The molecule has 13 heavy (non-hydrogen) atoms. The van der Waals surface area contributed by atoms with Crippen LogP contribution in [-0.4, -0.2) is 29.6 Å². The van der Waals surface area contributed by atoms with Gasteiger partial charge in [-0.2, -0.15) is 0 Å². The second-order valence-electron chi connectivity index (χ2n) is 3.25. The van der Waals surface area contributed by atoms with Crippen molar-refractivity contribution in [1.29, 1.82) is 0 Å². The standard InChI is InChI=1S/C9H16N4/c1-8(10)3-6-13(2)9-7-11-4-5-12-9/h4-5,7-8H,3,6,10H2,1-2H3. The van der Waals surface area contributed by atoms with Crippen molar-refractivity contribution in [2.75, 3.05) is 18.5 Å². The molecule has 0 spiro atoms. The average Bonchev–Trinajstić information content (AvgIpc) is 2.15. The normalized spacial score (nSPS) is 12.5. The molecule has 4 heteroatoms. The molecular formula is C9H16N4. The van der Waals surface area contributed by atoms with Gasteiger partial charge < -0.3 is 10.6 Å². The van der Waals surface area contributed by atoms with Gasteiger partial charge >= 0.3 is 0 Å². The van der Waals surface area contributed by atoms with Crippen LogP contribution in [0.4, 0.5) is 5.82 Å². The largest absolute Gasteiger partial charge is 0.358 e. The summed E-state index contributed by atoms with van der Waals surface area (Å²) in [6.45, 7) is 2.92. The lowest BCUT2D eigenvalue weighted by atomic mass is 10.2. The summed E-state index contributed by atoms with van der Waals surface area (Å²) in [7, 11) is 1.99. The maximum atomic E-state index is 5.66. The molecule has 0 saturated carbocycles. The molecule has 2 N–H and O–H groups in total. The van der Waals surface area contributed by atoms with Crippen LogP contribution in [0.5, 0.6) is 0 Å². The number of anilines is 1. The van der Waals surface area contributed by atoms with Crippen molar-refractivity contribution in [3.63, 3.8) is 0 Å². The van der Waals surface area contributed by atoms with Gasteiger partial charge in [0.25, 0.3) is 0 Å². The van der Waals surface area contributed by atoms with Crippen LogP contribution in [0.1, 0.15) is 13.3 Å². The molecule has 72 valence electrons. The molecule has 1 aromatic heterocycles. The highest BCUT2D eigenvalue weighted by Gasteiger charge is 2.02. The topological polar surface area (TPSA) is 55.0 Å². The third-order valence-electron chi connectivity index (χ3n) is 1.86. The van der Waals surface area contributed by atoms with Crippen LogP contribution in [0.25, 0.3) is 0 Å². The molecule has 0 aliphatic rings. The minimum atomic E-state index is 0.235. The Balaban J connectivity index is 2.44. The van der Waals surface area contributed by atoms with E-state index in [2.05, 4.69) is 14.9 Å². The van der Waals surface area contributed by atoms with Crippen molar-refractivity contribution >= 4 is 5.82 Å². The van der Waals surface area contributed by atoms with E-state index in [0.29, 0.717) is 0 Å². The van der Waals surface area contributed by atoms with Gasteiger partial charge in [0, 0.05) is 32.0 Å². The van der Waals surface area contributed by atoms with E-state index in [-0.39, 0.29) is 6.04 Å². The summed E-state index contributed by atoms with van der Waals surface area (Å²) < 4.78 is 0. The lowest BCUT2D eigenvalue weighted by molar-refractivity contribution is 0.656. The molecule has 1 aromatic rings. The molecular weight excluding hydrogens is 164 g/mol. The second kappa shape index (κ2) is 4.77. The Morgan fingerprint density at radius 1 is 1.54 bits per heavy atom. The zero-order valence-electron chi connectivity index (χ0n) is 8.14. The second-order valence-corrected chi connectivity index (χ2v) is 3.25. The van der Waals surface area contributed by atoms with Crippen LogP contribution in [0.2, 0.25) is 0 Å². The van der Waals surface area contributed by atoms with Crippen LogP contribution in [0, 0.1) is 0 Å². The summed E-state index contributed by atoms with van der Waals surface area (Å²) in [5.74, 6) is 0.892. The average molecular weight is 180 g/mol. The van der Waals surface area contributed by atoms with Crippen molar-refractivity contribution in [3.8, 4) is 0 Å². The molecule has 0 bridgehead atoms. The summed E-state index contributed by atoms with van der Waals surface area (Å²) >= 11 is 0. The van der Waals surface area contributed by atoms with Crippen LogP contribution >= 0.6 is 0 Å². The molecule has 4 nitrogen and oxygen atoms in total. The third-order valence-corrected chi connectivity index (χ3v) is 1.86. The lowest BCUT2D eigenvalue weighted by Crippen LogP contribution is -2.26. The predicted molar refractivity (Wildman–Crippen MR) is 53.6 cm³/mol. The van der Waals surface area contributed by atoms with Crippen LogP contribution < -0.4 is 10.6 Å². The van der Waals surface area contributed by atoms with E-state index >= 15 is 0 Å². The Hall–Kier alpha value is -1.16. The molecule has 1 atom stereocenters. The van der Waals surface area contributed by atoms with Crippen molar-refractivity contribution in [3.05, 3.63) is 18.6 Å². The van der Waals surface area contributed by atoms with Gasteiger partial charge in [-0.3, -0.25) is 4.98 Å². The number of nitrogens with zero attached hydrogens (tertiary/aromatic N) is 3. The van der Waals surface area contributed by atoms with Gasteiger partial charge in [-0.05, 0) is 13.3 Å². The van der Waals surface area contributed by atoms with E-state index in [1.54, 1.807) is 18.6 Å². The van der Waals surface area contributed by atoms with Crippen molar-refractivity contribution in [1.82, 2.24) is 9.97 Å². The summed E-state index contributed by atoms with van der Waals surface area (Å²) in [5.41, 5.74) is 5.66. The van der Waals surface area contributed by atoms with Gasteiger partial charge in [0.05, 0.1) is 6.20 Å². The number of rotatable bonds is 4. The summed E-state index contributed by atoms with van der Waals surface area (Å²) in [5, 5.41) is 0. The first kappa shape index (κ1) is 9.92. The van der Waals surface area contributed by atoms with Crippen LogP contribution in [-0.2, 0) is 0 Å². The first-order chi connectivity index (χ1) is 6.20. The molecule has 1 unspecified atom stereocenters. The molecule has 0 aromatic carbocycles. The molecule has 0 aliphatic carbocycles. The summed E-state index contributed by atoms with van der Waals surface area (Å²) in [6, 6.07) is 0.235. The zero-order valence-corrected chi connectivity index (χ0v) is 8.14. The SMILES string of the molecule is CC(N)CCN(C)c1cnccn1. The van der Waals surface area contributed by atoms with E-state index in [0.717, 1.165) is 18.8 Å². The molecule has 0 amide bonds. The van der Waals surface area contributed by atoms with Crippen molar-refractivity contribution < 1.29 is 0 Å². The minimum absolute atomic E-state index is 0.235. The molecule has 0 radical (unpaired) electrons. The van der Waals surface area contributed by atoms with E-state index in [1.165, 1.54) is 0 Å². The number of hydrogen-bond donors (Lipinski definition) is 1. The monoisotopic (exact) mass is 180 g/mol. The predicted octanol–water partition coefficient (Wildman–Crippen LogP) is 0.650. The van der Waals surface area contributed by atoms with Crippen LogP contribution in [0.3, 0.4) is 0 Å². The van der Waals surface area contributed by atoms with Gasteiger partial charge in [-0.25, -0.2) is 4.98 Å². The third kappa shape index (κ3) is 3.38. The summed E-state index contributed by atoms with van der Waals surface area (Å²) in [6.07, 6.45) is 6.08. The Bertz CT molecular complexity index is 235. The van der Waals surface area contributed by atoms with E-state index in [1.807, 2.05) is 14.0 Å². The number of nitrogens with two attached hydrogens (primary N) is 1. The fraction of sp³-hybridized carbons (Fsp3) is 0.556. The van der Waals surface area contributed by atoms with Gasteiger partial charge in [-0.1, -0.05) is 0 Å². The Labute approximate surface area is 78.8 Å². The first-order valence-corrected chi connectivity index (χ1v) is 4.43. The van der Waals surface area contributed by atoms with Gasteiger partial charge in [-0.15, -0.1) is 0 Å². The Kier molecular flexibility index (Phi) is 3.64. The molecule has 0 saturated heterocycles. The van der Waals surface area contributed by atoms with E-state index < -0.39 is 0 Å². The van der Waals surface area contributed by atoms with Gasteiger partial charge in [0.1, 0.15) is 5.82 Å². The quantitative estimate of drug-likeness (QED) is 0.739. The number of hydrogen-bond acceptors (Lipinski definition) is 4. The highest BCUT2D eigenvalue weighted by atomic mass is 15.2. The lowest BCUT2D eigenvalue weighted by Gasteiger charge is -2.18. The Morgan fingerprint density at radius 2 is 2.31 bits per heavy atom. The smallest absolute Gasteiger partial charge is 0.146 e. The maximum Gasteiger partial charge on any atom is 0.146 e. The molecule has 0 aliphatic heterocycles. The summed E-state index contributed by atoms with van der Waals surface area (Å²) in [4.78, 5) is 10.2. The minimum Gasteiger partial charge on any atom is -0.358 e. The van der Waals surface area contributed by atoms with Crippen molar-refractivity contribution in [2.45, 2.75) is 19.4 Å². The highest BCUT2D eigenvalue weighted by molar-refractivity contribution is 5.33. The number of aromatic nitrogens is 2. The van der Waals surface area contributed by atoms with Gasteiger partial charge in [0.15, 0.2) is 0 Å². The van der Waals surface area contributed by atoms with Crippen LogP contribution in [0.15, 0.2) is 18.6 Å². The first-order valence-electron chi connectivity index (χ1n) is 4.43. The van der Waals surface area contributed by atoms with Crippen molar-refractivity contribution in [2.24, 2.45) is 5.73 Å².